The van der Waals surface area contributed by atoms with Crippen molar-refractivity contribution in [2.45, 2.75) is 18.8 Å². The molecule has 2 N–H and O–H groups in total. The van der Waals surface area contributed by atoms with Crippen molar-refractivity contribution in [2.24, 2.45) is 7.05 Å². The van der Waals surface area contributed by atoms with Gasteiger partial charge in [0.15, 0.2) is 11.5 Å². The quantitative estimate of drug-likeness (QED) is 0.408. The predicted molar refractivity (Wildman–Crippen MR) is 136 cm³/mol. The van der Waals surface area contributed by atoms with Crippen molar-refractivity contribution < 1.29 is 4.79 Å². The smallest absolute Gasteiger partial charge is 0.327 e. The van der Waals surface area contributed by atoms with Crippen LogP contribution in [-0.2, 0) is 7.05 Å². The fourth-order valence-electron chi connectivity index (χ4n) is 4.80. The molecule has 9 heteroatoms. The van der Waals surface area contributed by atoms with Crippen LogP contribution < -0.4 is 5.69 Å². The lowest BCUT2D eigenvalue weighted by Gasteiger charge is -2.31. The fraction of sp³-hybridized carbons (Fsp3) is 0.222. The zero-order valence-corrected chi connectivity index (χ0v) is 19.8. The minimum absolute atomic E-state index is 0.0147. The van der Waals surface area contributed by atoms with Crippen molar-refractivity contribution in [3.63, 3.8) is 0 Å². The molecule has 2 aromatic carbocycles. The van der Waals surface area contributed by atoms with Gasteiger partial charge in [-0.3, -0.25) is 19.4 Å². The summed E-state index contributed by atoms with van der Waals surface area (Å²) in [5, 5.41) is 7.48. The van der Waals surface area contributed by atoms with Crippen molar-refractivity contribution >= 4 is 17.1 Å². The normalized spacial score (nSPS) is 14.4. The van der Waals surface area contributed by atoms with E-state index < -0.39 is 0 Å². The second-order valence-corrected chi connectivity index (χ2v) is 9.14. The third-order valence-electron chi connectivity index (χ3n) is 6.91. The standard InChI is InChI=1S/C27H25N7O2/c1-33-22-15-21(16-28-25(22)30-27(33)36)19-8-5-9-20(14-19)26(35)34-12-10-18(11-13-34)24-29-23(31-32-24)17-6-3-2-4-7-17/h2-9,14-16,18H,10-13H2,1H3,(H,28,30,36)(H,29,31,32). The van der Waals surface area contributed by atoms with Gasteiger partial charge in [0.1, 0.15) is 5.82 Å². The summed E-state index contributed by atoms with van der Waals surface area (Å²) < 4.78 is 1.53. The summed E-state index contributed by atoms with van der Waals surface area (Å²) in [6, 6.07) is 19.4. The minimum Gasteiger partial charge on any atom is -0.339 e. The molecule has 0 saturated carbocycles. The molecule has 1 fully saturated rings. The topological polar surface area (TPSA) is 113 Å². The van der Waals surface area contributed by atoms with Crippen LogP contribution in [0, 0.1) is 0 Å². The molecule has 1 aliphatic rings. The van der Waals surface area contributed by atoms with Gasteiger partial charge < -0.3 is 4.90 Å². The number of nitrogens with one attached hydrogen (secondary N) is 2. The molecule has 36 heavy (non-hydrogen) atoms. The van der Waals surface area contributed by atoms with Gasteiger partial charge in [-0.15, -0.1) is 0 Å². The van der Waals surface area contributed by atoms with E-state index in [0.717, 1.165) is 40.9 Å². The number of hydrogen-bond acceptors (Lipinski definition) is 5. The summed E-state index contributed by atoms with van der Waals surface area (Å²) >= 11 is 0. The first-order valence-electron chi connectivity index (χ1n) is 12.0. The molecule has 0 atom stereocenters. The van der Waals surface area contributed by atoms with Gasteiger partial charge in [0.25, 0.3) is 5.91 Å². The number of fused-ring (bicyclic) bond motifs is 1. The number of nitrogens with zero attached hydrogens (tertiary/aromatic N) is 5. The molecule has 180 valence electrons. The van der Waals surface area contributed by atoms with Crippen LogP contribution in [0.4, 0.5) is 0 Å². The Hall–Kier alpha value is -4.53. The Labute approximate surface area is 206 Å². The fourth-order valence-corrected chi connectivity index (χ4v) is 4.80. The van der Waals surface area contributed by atoms with Crippen molar-refractivity contribution in [3.05, 3.63) is 88.7 Å². The van der Waals surface area contributed by atoms with E-state index in [1.807, 2.05) is 65.6 Å². The number of likely N-dealkylation sites (tertiary alicyclic amines) is 1. The number of aryl methyl sites for hydroxylation is 1. The summed E-state index contributed by atoms with van der Waals surface area (Å²) in [5.74, 6) is 1.84. The van der Waals surface area contributed by atoms with E-state index >= 15 is 0 Å². The number of imidazole rings is 1. The van der Waals surface area contributed by atoms with Gasteiger partial charge in [0.2, 0.25) is 0 Å². The minimum atomic E-state index is -0.205. The van der Waals surface area contributed by atoms with E-state index in [1.54, 1.807) is 13.2 Å². The van der Waals surface area contributed by atoms with E-state index in [1.165, 1.54) is 4.57 Å². The number of benzene rings is 2. The molecule has 0 radical (unpaired) electrons. The number of piperidine rings is 1. The van der Waals surface area contributed by atoms with E-state index in [9.17, 15) is 9.59 Å². The molecule has 9 nitrogen and oxygen atoms in total. The second-order valence-electron chi connectivity index (χ2n) is 9.14. The molecule has 6 rings (SSSR count). The third kappa shape index (κ3) is 3.98. The zero-order valence-electron chi connectivity index (χ0n) is 19.8. The van der Waals surface area contributed by atoms with Crippen LogP contribution in [0.3, 0.4) is 0 Å². The molecular weight excluding hydrogens is 454 g/mol. The van der Waals surface area contributed by atoms with Crippen molar-refractivity contribution in [1.82, 2.24) is 34.6 Å². The SMILES string of the molecule is Cn1c(=O)[nH]c2ncc(-c3cccc(C(=O)N4CCC(c5nc(-c6ccccc6)n[nH]5)CC4)c3)cc21. The summed E-state index contributed by atoms with van der Waals surface area (Å²) in [5.41, 5.74) is 4.42. The first-order valence-corrected chi connectivity index (χ1v) is 12.0. The molecule has 0 bridgehead atoms. The lowest BCUT2D eigenvalue weighted by Crippen LogP contribution is -2.38. The number of carbonyl (C=O) groups is 1. The van der Waals surface area contributed by atoms with Gasteiger partial charge >= 0.3 is 5.69 Å². The summed E-state index contributed by atoms with van der Waals surface area (Å²) in [4.78, 5) is 38.9. The summed E-state index contributed by atoms with van der Waals surface area (Å²) in [7, 11) is 1.71. The number of carbonyl (C=O) groups excluding carboxylic acids is 1. The lowest BCUT2D eigenvalue weighted by molar-refractivity contribution is 0.0711. The van der Waals surface area contributed by atoms with Crippen LogP contribution in [0.25, 0.3) is 33.7 Å². The number of hydrogen-bond donors (Lipinski definition) is 2. The van der Waals surface area contributed by atoms with Crippen LogP contribution in [0.15, 0.2) is 71.7 Å². The highest BCUT2D eigenvalue weighted by atomic mass is 16.2. The van der Waals surface area contributed by atoms with E-state index in [0.29, 0.717) is 30.1 Å². The van der Waals surface area contributed by atoms with Gasteiger partial charge in [-0.05, 0) is 36.6 Å². The highest BCUT2D eigenvalue weighted by molar-refractivity contribution is 5.95. The maximum absolute atomic E-state index is 13.3. The van der Waals surface area contributed by atoms with E-state index in [2.05, 4.69) is 20.2 Å². The number of amides is 1. The van der Waals surface area contributed by atoms with E-state index in [-0.39, 0.29) is 17.5 Å². The molecular formula is C27H25N7O2. The largest absolute Gasteiger partial charge is 0.339 e. The maximum Gasteiger partial charge on any atom is 0.327 e. The van der Waals surface area contributed by atoms with Crippen LogP contribution in [0.1, 0.15) is 34.9 Å². The molecule has 1 saturated heterocycles. The second kappa shape index (κ2) is 8.92. The Kier molecular flexibility index (Phi) is 5.44. The number of aromatic nitrogens is 6. The number of H-pyrrole nitrogens is 2. The Morgan fingerprint density at radius 2 is 1.75 bits per heavy atom. The highest BCUT2D eigenvalue weighted by Gasteiger charge is 2.27. The Balaban J connectivity index is 1.16. The van der Waals surface area contributed by atoms with Crippen LogP contribution in [0.2, 0.25) is 0 Å². The number of aromatic amines is 2. The molecule has 1 amide bonds. The van der Waals surface area contributed by atoms with Gasteiger partial charge in [0, 0.05) is 48.9 Å². The molecule has 5 aromatic rings. The van der Waals surface area contributed by atoms with Crippen LogP contribution >= 0.6 is 0 Å². The Bertz CT molecular complexity index is 1610. The molecule has 0 aliphatic carbocycles. The van der Waals surface area contributed by atoms with Crippen LogP contribution in [-0.4, -0.2) is 53.6 Å². The van der Waals surface area contributed by atoms with Crippen LogP contribution in [0.5, 0.6) is 0 Å². The van der Waals surface area contributed by atoms with Gasteiger partial charge in [-0.1, -0.05) is 42.5 Å². The molecule has 0 spiro atoms. The average Bonchev–Trinajstić information content (AvgIpc) is 3.54. The molecule has 0 unspecified atom stereocenters. The first kappa shape index (κ1) is 22.0. The summed E-state index contributed by atoms with van der Waals surface area (Å²) in [6.07, 6.45) is 3.38. The number of rotatable bonds is 4. The van der Waals surface area contributed by atoms with E-state index in [4.69, 9.17) is 4.98 Å². The van der Waals surface area contributed by atoms with Gasteiger partial charge in [0.05, 0.1) is 5.52 Å². The Morgan fingerprint density at radius 3 is 2.56 bits per heavy atom. The predicted octanol–water partition coefficient (Wildman–Crippen LogP) is 3.73. The summed E-state index contributed by atoms with van der Waals surface area (Å²) in [6.45, 7) is 1.32. The van der Waals surface area contributed by atoms with Crippen molar-refractivity contribution in [1.29, 1.82) is 0 Å². The number of pyridine rings is 1. The van der Waals surface area contributed by atoms with Crippen molar-refractivity contribution in [3.8, 4) is 22.5 Å². The van der Waals surface area contributed by atoms with Crippen molar-refractivity contribution in [2.75, 3.05) is 13.1 Å². The average molecular weight is 480 g/mol. The molecule has 3 aromatic heterocycles. The lowest BCUT2D eigenvalue weighted by atomic mass is 9.95. The van der Waals surface area contributed by atoms with Gasteiger partial charge in [-0.2, -0.15) is 5.10 Å². The highest BCUT2D eigenvalue weighted by Crippen LogP contribution is 2.29. The maximum atomic E-state index is 13.3. The third-order valence-corrected chi connectivity index (χ3v) is 6.91. The molecule has 1 aliphatic heterocycles. The first-order chi connectivity index (χ1) is 17.6. The Morgan fingerprint density at radius 1 is 0.972 bits per heavy atom. The monoisotopic (exact) mass is 479 g/mol. The molecule has 4 heterocycles. The van der Waals surface area contributed by atoms with Gasteiger partial charge in [-0.25, -0.2) is 14.8 Å². The zero-order chi connectivity index (χ0) is 24.6.